The van der Waals surface area contributed by atoms with Crippen LogP contribution in [0.25, 0.3) is 0 Å². The van der Waals surface area contributed by atoms with E-state index in [2.05, 4.69) is 5.32 Å². The van der Waals surface area contributed by atoms with E-state index in [9.17, 15) is 31.1 Å². The minimum Gasteiger partial charge on any atom is -0.352 e. The standard InChI is InChI=1S/C26H24ClF6NO/c27-21-3-1-18(2-4-21)23-9-16-5-17(10-23)12-24(11-16,14-23)22(35)34-13-15-6-19(25(28,29)30)8-20(7-15)26(31,32)33/h1-4,6-8,16-17H,5,9-14H2,(H,34,35). The second kappa shape index (κ2) is 8.15. The van der Waals surface area contributed by atoms with Crippen LogP contribution >= 0.6 is 11.6 Å². The number of amides is 1. The number of benzene rings is 2. The average Bonchev–Trinajstić information content (AvgIpc) is 2.75. The Morgan fingerprint density at radius 3 is 1.94 bits per heavy atom. The van der Waals surface area contributed by atoms with Gasteiger partial charge in [0.15, 0.2) is 0 Å². The van der Waals surface area contributed by atoms with Gasteiger partial charge in [0.2, 0.25) is 5.91 Å². The zero-order valence-electron chi connectivity index (χ0n) is 18.7. The highest BCUT2D eigenvalue weighted by Gasteiger charge is 2.60. The average molecular weight is 516 g/mol. The third-order valence-electron chi connectivity index (χ3n) is 8.10. The molecule has 4 bridgehead atoms. The highest BCUT2D eigenvalue weighted by Crippen LogP contribution is 2.65. The van der Waals surface area contributed by atoms with E-state index in [0.29, 0.717) is 48.3 Å². The predicted octanol–water partition coefficient (Wildman–Crippen LogP) is 7.53. The third kappa shape index (κ3) is 4.54. The van der Waals surface area contributed by atoms with Gasteiger partial charge in [-0.05, 0) is 97.2 Å². The maximum Gasteiger partial charge on any atom is 0.416 e. The summed E-state index contributed by atoms with van der Waals surface area (Å²) in [5, 5.41) is 3.33. The molecule has 2 nitrogen and oxygen atoms in total. The van der Waals surface area contributed by atoms with Crippen molar-refractivity contribution in [3.63, 3.8) is 0 Å². The minimum absolute atomic E-state index is 0.0975. The fourth-order valence-corrected chi connectivity index (χ4v) is 7.29. The Kier molecular flexibility index (Phi) is 5.70. The molecule has 2 aromatic rings. The normalized spacial score (nSPS) is 29.9. The highest BCUT2D eigenvalue weighted by molar-refractivity contribution is 6.30. The topological polar surface area (TPSA) is 29.1 Å². The van der Waals surface area contributed by atoms with E-state index >= 15 is 0 Å². The van der Waals surface area contributed by atoms with Gasteiger partial charge in [-0.25, -0.2) is 0 Å². The molecule has 9 heteroatoms. The van der Waals surface area contributed by atoms with Crippen LogP contribution in [0.2, 0.25) is 5.02 Å². The van der Waals surface area contributed by atoms with Crippen LogP contribution in [0.1, 0.15) is 60.8 Å². The van der Waals surface area contributed by atoms with Crippen molar-refractivity contribution in [1.29, 1.82) is 0 Å². The van der Waals surface area contributed by atoms with E-state index < -0.39 is 35.4 Å². The van der Waals surface area contributed by atoms with E-state index in [0.717, 1.165) is 24.8 Å². The Morgan fingerprint density at radius 1 is 0.886 bits per heavy atom. The molecule has 0 spiro atoms. The molecule has 2 atom stereocenters. The second-order valence-electron chi connectivity index (χ2n) is 10.6. The van der Waals surface area contributed by atoms with Gasteiger partial charge in [-0.1, -0.05) is 23.7 Å². The molecule has 2 unspecified atom stereocenters. The first-order chi connectivity index (χ1) is 16.3. The Morgan fingerprint density at radius 2 is 1.43 bits per heavy atom. The van der Waals surface area contributed by atoms with Crippen molar-refractivity contribution in [1.82, 2.24) is 5.32 Å². The van der Waals surface area contributed by atoms with Crippen molar-refractivity contribution < 1.29 is 31.1 Å². The summed E-state index contributed by atoms with van der Waals surface area (Å²) < 4.78 is 79.2. The molecule has 0 saturated heterocycles. The van der Waals surface area contributed by atoms with Crippen molar-refractivity contribution in [3.05, 3.63) is 69.7 Å². The smallest absolute Gasteiger partial charge is 0.352 e. The van der Waals surface area contributed by atoms with Gasteiger partial charge in [0.1, 0.15) is 0 Å². The Bertz CT molecular complexity index is 1090. The molecule has 188 valence electrons. The number of hydrogen-bond acceptors (Lipinski definition) is 1. The fourth-order valence-electron chi connectivity index (χ4n) is 7.16. The summed E-state index contributed by atoms with van der Waals surface area (Å²) in [5.74, 6) is 0.446. The van der Waals surface area contributed by atoms with Crippen molar-refractivity contribution >= 4 is 17.5 Å². The molecule has 6 rings (SSSR count). The van der Waals surface area contributed by atoms with Crippen LogP contribution in [0.5, 0.6) is 0 Å². The molecule has 4 saturated carbocycles. The van der Waals surface area contributed by atoms with Crippen LogP contribution in [0.4, 0.5) is 26.3 Å². The molecule has 1 amide bonds. The highest BCUT2D eigenvalue weighted by atomic mass is 35.5. The first kappa shape index (κ1) is 24.5. The lowest BCUT2D eigenvalue weighted by molar-refractivity contribution is -0.149. The Balaban J connectivity index is 1.39. The summed E-state index contributed by atoms with van der Waals surface area (Å²) in [6.45, 7) is -0.392. The SMILES string of the molecule is O=C(NCc1cc(C(F)(F)F)cc(C(F)(F)F)c1)C12CC3CC(C1)CC(c1ccc(Cl)cc1)(C3)C2. The lowest BCUT2D eigenvalue weighted by Crippen LogP contribution is -2.59. The van der Waals surface area contributed by atoms with Gasteiger partial charge < -0.3 is 5.32 Å². The van der Waals surface area contributed by atoms with Gasteiger partial charge >= 0.3 is 12.4 Å². The lowest BCUT2D eigenvalue weighted by atomic mass is 9.42. The fraction of sp³-hybridized carbons (Fsp3) is 0.500. The Labute approximate surface area is 204 Å². The van der Waals surface area contributed by atoms with E-state index in [1.807, 2.05) is 24.3 Å². The molecule has 0 aromatic heterocycles. The molecule has 2 aromatic carbocycles. The quantitative estimate of drug-likeness (QED) is 0.419. The summed E-state index contributed by atoms with van der Waals surface area (Å²) >= 11 is 6.07. The molecule has 4 aliphatic rings. The van der Waals surface area contributed by atoms with Gasteiger partial charge in [0, 0.05) is 11.6 Å². The maximum atomic E-state index is 13.5. The van der Waals surface area contributed by atoms with Crippen LogP contribution < -0.4 is 5.32 Å². The molecule has 4 aliphatic carbocycles. The van der Waals surface area contributed by atoms with E-state index in [4.69, 9.17) is 11.6 Å². The first-order valence-corrected chi connectivity index (χ1v) is 12.0. The monoisotopic (exact) mass is 515 g/mol. The molecular formula is C26H24ClF6NO. The number of carbonyl (C=O) groups is 1. The van der Waals surface area contributed by atoms with Crippen molar-refractivity contribution in [3.8, 4) is 0 Å². The maximum absolute atomic E-state index is 13.5. The molecule has 4 fully saturated rings. The summed E-state index contributed by atoms with van der Waals surface area (Å²) in [5.41, 5.74) is -2.68. The van der Waals surface area contributed by atoms with Crippen LogP contribution in [0.3, 0.4) is 0 Å². The van der Waals surface area contributed by atoms with E-state index in [1.54, 1.807) is 0 Å². The molecule has 1 N–H and O–H groups in total. The number of nitrogens with one attached hydrogen (secondary N) is 1. The number of hydrogen-bond donors (Lipinski definition) is 1. The molecule has 35 heavy (non-hydrogen) atoms. The number of rotatable bonds is 4. The van der Waals surface area contributed by atoms with Gasteiger partial charge in [0.25, 0.3) is 0 Å². The first-order valence-electron chi connectivity index (χ1n) is 11.6. The van der Waals surface area contributed by atoms with Crippen LogP contribution in [-0.2, 0) is 29.1 Å². The second-order valence-corrected chi connectivity index (χ2v) is 11.1. The number of alkyl halides is 6. The van der Waals surface area contributed by atoms with Gasteiger partial charge in [-0.15, -0.1) is 0 Å². The van der Waals surface area contributed by atoms with Crippen LogP contribution in [-0.4, -0.2) is 5.91 Å². The third-order valence-corrected chi connectivity index (χ3v) is 8.35. The largest absolute Gasteiger partial charge is 0.416 e. The van der Waals surface area contributed by atoms with Gasteiger partial charge in [-0.3, -0.25) is 4.79 Å². The molecule has 0 heterocycles. The van der Waals surface area contributed by atoms with E-state index in [-0.39, 0.29) is 23.0 Å². The lowest BCUT2D eigenvalue weighted by Gasteiger charge is -2.61. The summed E-state index contributed by atoms with van der Waals surface area (Å²) in [4.78, 5) is 13.5. The number of carbonyl (C=O) groups excluding carboxylic acids is 1. The summed E-state index contributed by atoms with van der Waals surface area (Å²) in [7, 11) is 0. The molecular weight excluding hydrogens is 492 g/mol. The van der Waals surface area contributed by atoms with Crippen molar-refractivity contribution in [2.45, 2.75) is 62.8 Å². The zero-order valence-corrected chi connectivity index (χ0v) is 19.5. The van der Waals surface area contributed by atoms with Crippen LogP contribution in [0, 0.1) is 17.3 Å². The van der Waals surface area contributed by atoms with Crippen molar-refractivity contribution in [2.24, 2.45) is 17.3 Å². The predicted molar refractivity (Wildman–Crippen MR) is 119 cm³/mol. The number of halogens is 7. The van der Waals surface area contributed by atoms with Gasteiger partial charge in [-0.2, -0.15) is 26.3 Å². The van der Waals surface area contributed by atoms with E-state index in [1.165, 1.54) is 0 Å². The Hall–Kier alpha value is -2.22. The minimum atomic E-state index is -4.93. The summed E-state index contributed by atoms with van der Waals surface area (Å²) in [6, 6.07) is 9.13. The summed E-state index contributed by atoms with van der Waals surface area (Å²) in [6.07, 6.45) is -4.84. The zero-order chi connectivity index (χ0) is 25.2. The van der Waals surface area contributed by atoms with Crippen molar-refractivity contribution in [2.75, 3.05) is 0 Å². The molecule has 0 radical (unpaired) electrons. The van der Waals surface area contributed by atoms with Gasteiger partial charge in [0.05, 0.1) is 16.5 Å². The molecule has 0 aliphatic heterocycles. The van der Waals surface area contributed by atoms with Crippen LogP contribution in [0.15, 0.2) is 42.5 Å².